The molecule has 3 nitrogen and oxygen atoms in total. The normalized spacial score (nSPS) is 26.6. The molecule has 1 rings (SSSR count). The Morgan fingerprint density at radius 3 is 2.50 bits per heavy atom. The molecule has 0 radical (unpaired) electrons. The smallest absolute Gasteiger partial charge is 0.282 e. The van der Waals surface area contributed by atoms with E-state index in [1.807, 2.05) is 12.2 Å². The lowest BCUT2D eigenvalue weighted by molar-refractivity contribution is 0.488. The summed E-state index contributed by atoms with van der Waals surface area (Å²) in [5.41, 5.74) is 0. The van der Waals surface area contributed by atoms with Gasteiger partial charge in [-0.3, -0.25) is 4.55 Å². The Hall–Kier alpha value is -0.610. The molecule has 0 heterocycles. The van der Waals surface area contributed by atoms with Crippen molar-refractivity contribution in [3.63, 3.8) is 0 Å². The molecule has 0 aliphatic heterocycles. The summed E-state index contributed by atoms with van der Waals surface area (Å²) in [6.45, 7) is 0. The van der Waals surface area contributed by atoms with E-state index < -0.39 is 10.1 Å². The van der Waals surface area contributed by atoms with Gasteiger partial charge in [0, 0.05) is 0 Å². The molecule has 0 amide bonds. The van der Waals surface area contributed by atoms with Crippen LogP contribution in [-0.2, 0) is 10.1 Å². The average molecular weight is 188 g/mol. The van der Waals surface area contributed by atoms with Gasteiger partial charge in [-0.1, -0.05) is 18.2 Å². The molecule has 0 spiro atoms. The van der Waals surface area contributed by atoms with Crippen LogP contribution in [0.3, 0.4) is 0 Å². The van der Waals surface area contributed by atoms with E-state index in [-0.39, 0.29) is 4.91 Å². The molecule has 1 aliphatic rings. The molecular weight excluding hydrogens is 176 g/mol. The highest BCUT2D eigenvalue weighted by Gasteiger charge is 2.12. The number of hydrogen-bond acceptors (Lipinski definition) is 2. The minimum Gasteiger partial charge on any atom is -0.282 e. The standard InChI is InChI=1S/C8H12O3S/c9-12(10,11)8-6-4-2-1-3-5-7-8/h1-2,7H,3-6H2,(H,9,10,11)/b2-1-,8-7+. The van der Waals surface area contributed by atoms with Gasteiger partial charge in [-0.25, -0.2) is 0 Å². The van der Waals surface area contributed by atoms with E-state index in [0.29, 0.717) is 19.3 Å². The molecule has 0 aromatic rings. The predicted octanol–water partition coefficient (Wildman–Crippen LogP) is 1.89. The topological polar surface area (TPSA) is 54.4 Å². The Balaban J connectivity index is 2.77. The molecule has 0 unspecified atom stereocenters. The van der Waals surface area contributed by atoms with Crippen molar-refractivity contribution >= 4 is 10.1 Å². The third-order valence-electron chi connectivity index (χ3n) is 1.76. The van der Waals surface area contributed by atoms with Gasteiger partial charge in [0.25, 0.3) is 10.1 Å². The van der Waals surface area contributed by atoms with Crippen LogP contribution in [0.1, 0.15) is 25.7 Å². The summed E-state index contributed by atoms with van der Waals surface area (Å²) < 4.78 is 30.2. The van der Waals surface area contributed by atoms with Crippen LogP contribution in [-0.4, -0.2) is 13.0 Å². The zero-order valence-electron chi connectivity index (χ0n) is 6.73. The van der Waals surface area contributed by atoms with Crippen molar-refractivity contribution < 1.29 is 13.0 Å². The Morgan fingerprint density at radius 2 is 1.83 bits per heavy atom. The van der Waals surface area contributed by atoms with E-state index in [1.54, 1.807) is 6.08 Å². The zero-order valence-corrected chi connectivity index (χ0v) is 7.55. The molecule has 68 valence electrons. The zero-order chi connectivity index (χ0) is 9.03. The molecule has 0 saturated carbocycles. The van der Waals surface area contributed by atoms with Crippen LogP contribution >= 0.6 is 0 Å². The molecular formula is C8H12O3S. The average Bonchev–Trinajstić information content (AvgIpc) is 1.81. The number of hydrogen-bond donors (Lipinski definition) is 1. The molecule has 0 fully saturated rings. The van der Waals surface area contributed by atoms with Crippen molar-refractivity contribution in [2.75, 3.05) is 0 Å². The lowest BCUT2D eigenvalue weighted by Crippen LogP contribution is -2.02. The molecule has 1 aliphatic carbocycles. The van der Waals surface area contributed by atoms with Crippen LogP contribution in [0.25, 0.3) is 0 Å². The summed E-state index contributed by atoms with van der Waals surface area (Å²) >= 11 is 0. The fourth-order valence-electron chi connectivity index (χ4n) is 1.14. The van der Waals surface area contributed by atoms with Crippen molar-refractivity contribution in [2.24, 2.45) is 0 Å². The molecule has 12 heavy (non-hydrogen) atoms. The summed E-state index contributed by atoms with van der Waals surface area (Å²) in [4.78, 5) is 0.159. The van der Waals surface area contributed by atoms with Gasteiger partial charge in [0.1, 0.15) is 0 Å². The van der Waals surface area contributed by atoms with Crippen LogP contribution in [0.2, 0.25) is 0 Å². The Kier molecular flexibility index (Phi) is 3.05. The first-order chi connectivity index (χ1) is 5.61. The molecule has 1 N–H and O–H groups in total. The highest BCUT2D eigenvalue weighted by Crippen LogP contribution is 2.16. The van der Waals surface area contributed by atoms with Gasteiger partial charge < -0.3 is 0 Å². The summed E-state index contributed by atoms with van der Waals surface area (Å²) in [5.74, 6) is 0. The first-order valence-electron chi connectivity index (χ1n) is 3.92. The lowest BCUT2D eigenvalue weighted by Gasteiger charge is -2.03. The Labute approximate surface area is 72.5 Å². The van der Waals surface area contributed by atoms with Gasteiger partial charge in [-0.15, -0.1) is 0 Å². The van der Waals surface area contributed by atoms with Crippen molar-refractivity contribution in [2.45, 2.75) is 25.7 Å². The van der Waals surface area contributed by atoms with Gasteiger partial charge >= 0.3 is 0 Å². The quantitative estimate of drug-likeness (QED) is 0.505. The van der Waals surface area contributed by atoms with E-state index in [2.05, 4.69) is 0 Å². The fourth-order valence-corrected chi connectivity index (χ4v) is 1.84. The highest BCUT2D eigenvalue weighted by molar-refractivity contribution is 7.89. The minimum atomic E-state index is -3.94. The number of allylic oxidation sites excluding steroid dienone is 4. The second-order valence-electron chi connectivity index (χ2n) is 2.73. The summed E-state index contributed by atoms with van der Waals surface area (Å²) in [7, 11) is -3.94. The van der Waals surface area contributed by atoms with Gasteiger partial charge in [-0.05, 0) is 25.7 Å². The van der Waals surface area contributed by atoms with Crippen LogP contribution in [0, 0.1) is 0 Å². The van der Waals surface area contributed by atoms with Gasteiger partial charge in [0.15, 0.2) is 0 Å². The van der Waals surface area contributed by atoms with Crippen LogP contribution < -0.4 is 0 Å². The van der Waals surface area contributed by atoms with Crippen molar-refractivity contribution in [1.82, 2.24) is 0 Å². The van der Waals surface area contributed by atoms with E-state index in [9.17, 15) is 8.42 Å². The third kappa shape index (κ3) is 2.79. The molecule has 0 bridgehead atoms. The molecule has 0 saturated heterocycles. The van der Waals surface area contributed by atoms with Gasteiger partial charge in [0.05, 0.1) is 4.91 Å². The van der Waals surface area contributed by atoms with Crippen LogP contribution in [0.15, 0.2) is 23.1 Å². The molecule has 0 atom stereocenters. The molecule has 0 aromatic heterocycles. The predicted molar refractivity (Wildman–Crippen MR) is 47.2 cm³/mol. The lowest BCUT2D eigenvalue weighted by atomic mass is 10.1. The second kappa shape index (κ2) is 3.87. The molecule has 4 heteroatoms. The number of rotatable bonds is 1. The third-order valence-corrected chi connectivity index (χ3v) is 2.79. The highest BCUT2D eigenvalue weighted by atomic mass is 32.2. The van der Waals surface area contributed by atoms with Crippen LogP contribution in [0.4, 0.5) is 0 Å². The summed E-state index contributed by atoms with van der Waals surface area (Å²) in [6, 6.07) is 0. The SMILES string of the molecule is O=S(=O)(O)/C1=C/CC/C=C\CC1. The summed E-state index contributed by atoms with van der Waals surface area (Å²) in [5, 5.41) is 0. The fraction of sp³-hybridized carbons (Fsp3) is 0.500. The Bertz CT molecular complexity index is 298. The van der Waals surface area contributed by atoms with E-state index in [4.69, 9.17) is 4.55 Å². The van der Waals surface area contributed by atoms with Gasteiger partial charge in [-0.2, -0.15) is 8.42 Å². The van der Waals surface area contributed by atoms with E-state index >= 15 is 0 Å². The van der Waals surface area contributed by atoms with E-state index in [1.165, 1.54) is 0 Å². The van der Waals surface area contributed by atoms with Crippen LogP contribution in [0.5, 0.6) is 0 Å². The van der Waals surface area contributed by atoms with Gasteiger partial charge in [0.2, 0.25) is 0 Å². The first-order valence-corrected chi connectivity index (χ1v) is 5.36. The largest absolute Gasteiger partial charge is 0.290 e. The maximum absolute atomic E-state index is 10.7. The minimum absolute atomic E-state index is 0.159. The summed E-state index contributed by atoms with van der Waals surface area (Å²) in [6.07, 6.45) is 8.19. The second-order valence-corrected chi connectivity index (χ2v) is 4.21. The molecule has 0 aromatic carbocycles. The maximum Gasteiger partial charge on any atom is 0.290 e. The van der Waals surface area contributed by atoms with E-state index in [0.717, 1.165) is 6.42 Å². The monoisotopic (exact) mass is 188 g/mol. The first kappa shape index (κ1) is 9.48. The maximum atomic E-state index is 10.7. The van der Waals surface area contributed by atoms with Crippen molar-refractivity contribution in [3.05, 3.63) is 23.1 Å². The Morgan fingerprint density at radius 1 is 1.17 bits per heavy atom. The van der Waals surface area contributed by atoms with Crippen molar-refractivity contribution in [3.8, 4) is 0 Å². The van der Waals surface area contributed by atoms with Crippen molar-refractivity contribution in [1.29, 1.82) is 0 Å².